The summed E-state index contributed by atoms with van der Waals surface area (Å²) in [5, 5.41) is 11.0. The number of hydrogen-bond donors (Lipinski definition) is 2. The van der Waals surface area contributed by atoms with Crippen molar-refractivity contribution < 1.29 is 33.0 Å². The van der Waals surface area contributed by atoms with Crippen LogP contribution in [0.2, 0.25) is 0 Å². The molecule has 24 heavy (non-hydrogen) atoms. The Morgan fingerprint density at radius 3 is 2.62 bits per heavy atom. The number of hydrogen-bond acceptors (Lipinski definition) is 4. The predicted molar refractivity (Wildman–Crippen MR) is 81.4 cm³/mol. The number of nitrogens with zero attached hydrogens (tertiary/aromatic N) is 1. The largest absolute Gasteiger partial charge is 0.490 e. The van der Waals surface area contributed by atoms with E-state index in [2.05, 4.69) is 10.1 Å². The Labute approximate surface area is 138 Å². The summed E-state index contributed by atoms with van der Waals surface area (Å²) in [4.78, 5) is 23.6. The van der Waals surface area contributed by atoms with E-state index in [4.69, 9.17) is 9.84 Å². The van der Waals surface area contributed by atoms with Crippen LogP contribution in [0, 0.1) is 0 Å². The molecule has 7 nitrogen and oxygen atoms in total. The van der Waals surface area contributed by atoms with Gasteiger partial charge >= 0.3 is 18.6 Å². The first-order valence-corrected chi connectivity index (χ1v) is 7.24. The third kappa shape index (κ3) is 6.67. The number of aliphatic carboxylic acids is 1. The number of nitrogens with one attached hydrogen (secondary N) is 1. The Hall–Kier alpha value is -2.58. The molecular formula is C15H20F2N2O5. The highest BCUT2D eigenvalue weighted by atomic mass is 19.3. The van der Waals surface area contributed by atoms with Crippen LogP contribution in [0.3, 0.4) is 0 Å². The Bertz CT molecular complexity index is 569. The molecule has 0 fully saturated rings. The zero-order chi connectivity index (χ0) is 18.1. The first-order valence-electron chi connectivity index (χ1n) is 7.24. The van der Waals surface area contributed by atoms with Gasteiger partial charge in [-0.2, -0.15) is 8.78 Å². The second-order valence-corrected chi connectivity index (χ2v) is 4.82. The summed E-state index contributed by atoms with van der Waals surface area (Å²) >= 11 is 0. The summed E-state index contributed by atoms with van der Waals surface area (Å²) < 4.78 is 34.3. The molecule has 0 saturated heterocycles. The van der Waals surface area contributed by atoms with E-state index in [1.165, 1.54) is 24.1 Å². The summed E-state index contributed by atoms with van der Waals surface area (Å²) in [5.41, 5.74) is 0.649. The number of carbonyl (C=O) groups is 2. The minimum atomic E-state index is -2.96. The van der Waals surface area contributed by atoms with Gasteiger partial charge in [-0.05, 0) is 24.6 Å². The first-order chi connectivity index (χ1) is 11.3. The monoisotopic (exact) mass is 346 g/mol. The maximum absolute atomic E-state index is 12.4. The van der Waals surface area contributed by atoms with Gasteiger partial charge in [0.05, 0.1) is 13.0 Å². The van der Waals surface area contributed by atoms with E-state index in [9.17, 15) is 18.4 Å². The summed E-state index contributed by atoms with van der Waals surface area (Å²) in [7, 11) is 1.53. The fraction of sp³-hybridized carbons (Fsp3) is 0.467. The molecule has 0 atom stereocenters. The average molecular weight is 346 g/mol. The van der Waals surface area contributed by atoms with E-state index in [1.807, 2.05) is 0 Å². The molecule has 0 spiro atoms. The molecule has 0 unspecified atom stereocenters. The summed E-state index contributed by atoms with van der Waals surface area (Å²) in [6, 6.07) is 3.97. The number of carbonyl (C=O) groups excluding carboxylic acids is 1. The molecular weight excluding hydrogens is 326 g/mol. The van der Waals surface area contributed by atoms with E-state index >= 15 is 0 Å². The second-order valence-electron chi connectivity index (χ2n) is 4.82. The Kier molecular flexibility index (Phi) is 7.73. The minimum Gasteiger partial charge on any atom is -0.490 e. The lowest BCUT2D eigenvalue weighted by Gasteiger charge is -2.19. The quantitative estimate of drug-likeness (QED) is 0.716. The van der Waals surface area contributed by atoms with Crippen molar-refractivity contribution in [1.29, 1.82) is 0 Å². The Morgan fingerprint density at radius 2 is 2.04 bits per heavy atom. The molecule has 0 saturated carbocycles. The van der Waals surface area contributed by atoms with Gasteiger partial charge in [0.2, 0.25) is 0 Å². The van der Waals surface area contributed by atoms with Crippen molar-refractivity contribution in [1.82, 2.24) is 10.2 Å². The SMILES string of the molecule is CCOc1cc(CN(C)C(=O)NCCC(=O)O)ccc1OC(F)F. The molecule has 9 heteroatoms. The van der Waals surface area contributed by atoms with Gasteiger partial charge in [0.25, 0.3) is 0 Å². The number of carboxylic acid groups (broad SMARTS) is 1. The molecule has 0 bridgehead atoms. The molecule has 0 aromatic heterocycles. The Balaban J connectivity index is 2.70. The van der Waals surface area contributed by atoms with E-state index in [0.717, 1.165) is 0 Å². The lowest BCUT2D eigenvalue weighted by molar-refractivity contribution is -0.136. The first kappa shape index (κ1) is 19.5. The molecule has 1 aromatic rings. The number of benzene rings is 1. The summed E-state index contributed by atoms with van der Waals surface area (Å²) in [6.07, 6.45) is -0.173. The number of amides is 2. The van der Waals surface area contributed by atoms with Crippen molar-refractivity contribution >= 4 is 12.0 Å². The zero-order valence-corrected chi connectivity index (χ0v) is 13.4. The van der Waals surface area contributed by atoms with Gasteiger partial charge in [-0.25, -0.2) is 4.79 Å². The second kappa shape index (κ2) is 9.53. The molecule has 1 rings (SSSR count). The normalized spacial score (nSPS) is 10.4. The van der Waals surface area contributed by atoms with Crippen LogP contribution in [0.1, 0.15) is 18.9 Å². The van der Waals surface area contributed by atoms with Crippen molar-refractivity contribution in [2.45, 2.75) is 26.5 Å². The Morgan fingerprint density at radius 1 is 1.33 bits per heavy atom. The zero-order valence-electron chi connectivity index (χ0n) is 13.4. The molecule has 0 aliphatic carbocycles. The average Bonchev–Trinajstić information content (AvgIpc) is 2.49. The van der Waals surface area contributed by atoms with E-state index in [0.29, 0.717) is 5.56 Å². The summed E-state index contributed by atoms with van der Waals surface area (Å²) in [5.74, 6) is -0.923. The highest BCUT2D eigenvalue weighted by molar-refractivity contribution is 5.75. The van der Waals surface area contributed by atoms with Gasteiger partial charge in [-0.1, -0.05) is 6.07 Å². The van der Waals surface area contributed by atoms with Crippen molar-refractivity contribution in [3.8, 4) is 11.5 Å². The molecule has 0 aliphatic rings. The number of rotatable bonds is 9. The van der Waals surface area contributed by atoms with Crippen LogP contribution in [0.25, 0.3) is 0 Å². The van der Waals surface area contributed by atoms with Crippen LogP contribution in [0.15, 0.2) is 18.2 Å². The minimum absolute atomic E-state index is 0.0177. The molecule has 0 aliphatic heterocycles. The maximum Gasteiger partial charge on any atom is 0.387 e. The molecule has 2 amide bonds. The number of urea groups is 1. The van der Waals surface area contributed by atoms with Crippen LogP contribution >= 0.6 is 0 Å². The van der Waals surface area contributed by atoms with Crippen LogP contribution < -0.4 is 14.8 Å². The number of ether oxygens (including phenoxy) is 2. The van der Waals surface area contributed by atoms with Crippen LogP contribution in [-0.2, 0) is 11.3 Å². The van der Waals surface area contributed by atoms with Gasteiger partial charge in [0.1, 0.15) is 0 Å². The third-order valence-electron chi connectivity index (χ3n) is 2.91. The van der Waals surface area contributed by atoms with Crippen molar-refractivity contribution in [3.63, 3.8) is 0 Å². The highest BCUT2D eigenvalue weighted by Gasteiger charge is 2.14. The van der Waals surface area contributed by atoms with Crippen molar-refractivity contribution in [3.05, 3.63) is 23.8 Å². The number of carboxylic acids is 1. The van der Waals surface area contributed by atoms with Crippen LogP contribution in [0.4, 0.5) is 13.6 Å². The van der Waals surface area contributed by atoms with Crippen LogP contribution in [0.5, 0.6) is 11.5 Å². The van der Waals surface area contributed by atoms with E-state index in [-0.39, 0.29) is 37.6 Å². The van der Waals surface area contributed by atoms with Gasteiger partial charge in [-0.3, -0.25) is 4.79 Å². The lowest BCUT2D eigenvalue weighted by atomic mass is 10.2. The number of alkyl halides is 2. The van der Waals surface area contributed by atoms with Gasteiger partial charge in [0, 0.05) is 20.1 Å². The highest BCUT2D eigenvalue weighted by Crippen LogP contribution is 2.30. The molecule has 134 valence electrons. The molecule has 0 heterocycles. The standard InChI is InChI=1S/C15H20F2N2O5/c1-3-23-12-8-10(4-5-11(12)24-14(16)17)9-19(2)15(22)18-7-6-13(20)21/h4-5,8,14H,3,6-7,9H2,1-2H3,(H,18,22)(H,20,21). The van der Waals surface area contributed by atoms with Crippen LogP contribution in [-0.4, -0.2) is 48.8 Å². The predicted octanol–water partition coefficient (Wildman–Crippen LogP) is 2.30. The van der Waals surface area contributed by atoms with Crippen molar-refractivity contribution in [2.24, 2.45) is 0 Å². The lowest BCUT2D eigenvalue weighted by Crippen LogP contribution is -2.37. The molecule has 1 aromatic carbocycles. The number of halogens is 2. The van der Waals surface area contributed by atoms with Gasteiger partial charge < -0.3 is 24.8 Å². The van der Waals surface area contributed by atoms with E-state index in [1.54, 1.807) is 13.0 Å². The van der Waals surface area contributed by atoms with E-state index < -0.39 is 18.6 Å². The van der Waals surface area contributed by atoms with Gasteiger partial charge in [0.15, 0.2) is 11.5 Å². The van der Waals surface area contributed by atoms with Gasteiger partial charge in [-0.15, -0.1) is 0 Å². The maximum atomic E-state index is 12.4. The molecule has 0 radical (unpaired) electrons. The summed E-state index contributed by atoms with van der Waals surface area (Å²) in [6.45, 7) is -0.773. The fourth-order valence-electron chi connectivity index (χ4n) is 1.87. The van der Waals surface area contributed by atoms with Crippen molar-refractivity contribution in [2.75, 3.05) is 20.2 Å². The topological polar surface area (TPSA) is 88.1 Å². The smallest absolute Gasteiger partial charge is 0.387 e. The third-order valence-corrected chi connectivity index (χ3v) is 2.91. The fourth-order valence-corrected chi connectivity index (χ4v) is 1.87. The molecule has 2 N–H and O–H groups in total.